The Morgan fingerprint density at radius 1 is 1.20 bits per heavy atom. The molecule has 3 heterocycles. The molecule has 9 nitrogen and oxygen atoms in total. The van der Waals surface area contributed by atoms with Crippen LogP contribution in [0.2, 0.25) is 5.02 Å². The van der Waals surface area contributed by atoms with Gasteiger partial charge < -0.3 is 21.1 Å². The zero-order valence-corrected chi connectivity index (χ0v) is 26.5. The van der Waals surface area contributed by atoms with Crippen LogP contribution in [0.4, 0.5) is 10.1 Å². The van der Waals surface area contributed by atoms with E-state index in [0.29, 0.717) is 48.1 Å². The molecule has 0 saturated carbocycles. The van der Waals surface area contributed by atoms with Crippen LogP contribution in [0.1, 0.15) is 55.7 Å². The molecule has 1 amide bonds. The molecule has 0 spiro atoms. The highest BCUT2D eigenvalue weighted by Gasteiger charge is 2.38. The predicted octanol–water partition coefficient (Wildman–Crippen LogP) is 4.46. The van der Waals surface area contributed by atoms with Gasteiger partial charge in [0.05, 0.1) is 17.9 Å². The largest absolute Gasteiger partial charge is 0.475 e. The Morgan fingerprint density at radius 2 is 1.98 bits per heavy atom. The van der Waals surface area contributed by atoms with E-state index in [1.54, 1.807) is 40.8 Å². The van der Waals surface area contributed by atoms with Gasteiger partial charge in [-0.05, 0) is 81.0 Å². The van der Waals surface area contributed by atoms with Crippen LogP contribution >= 0.6 is 11.6 Å². The average molecular weight is 644 g/mol. The molecule has 44 heavy (non-hydrogen) atoms. The summed E-state index contributed by atoms with van der Waals surface area (Å²) in [7, 11) is -3.38. The summed E-state index contributed by atoms with van der Waals surface area (Å²) in [4.78, 5) is 18.0. The summed E-state index contributed by atoms with van der Waals surface area (Å²) in [6.07, 6.45) is 3.59. The fourth-order valence-electron chi connectivity index (χ4n) is 6.05. The zero-order valence-electron chi connectivity index (χ0n) is 24.9. The number of amides is 1. The Morgan fingerprint density at radius 3 is 2.73 bits per heavy atom. The number of ether oxygens (including phenoxy) is 1. The molecule has 2 saturated heterocycles. The molecule has 3 aromatic rings. The number of benzene rings is 2. The van der Waals surface area contributed by atoms with Gasteiger partial charge in [-0.1, -0.05) is 29.8 Å². The van der Waals surface area contributed by atoms with Gasteiger partial charge in [-0.25, -0.2) is 17.8 Å². The fourth-order valence-corrected chi connectivity index (χ4v) is 7.99. The van der Waals surface area contributed by atoms with Gasteiger partial charge in [0.2, 0.25) is 21.8 Å². The smallest absolute Gasteiger partial charge is 0.242 e. The minimum atomic E-state index is -3.38. The molecule has 2 aliphatic heterocycles. The molecule has 2 aliphatic rings. The molecule has 5 atom stereocenters. The number of carbonyl (C=O) groups is 1. The van der Waals surface area contributed by atoms with E-state index in [4.69, 9.17) is 22.1 Å². The van der Waals surface area contributed by atoms with E-state index in [1.165, 1.54) is 12.1 Å². The molecule has 1 aromatic heterocycles. The van der Waals surface area contributed by atoms with Crippen molar-refractivity contribution in [1.29, 1.82) is 0 Å². The summed E-state index contributed by atoms with van der Waals surface area (Å²) < 4.78 is 48.4. The lowest BCUT2D eigenvalue weighted by atomic mass is 9.85. The van der Waals surface area contributed by atoms with Crippen LogP contribution in [0.3, 0.4) is 0 Å². The lowest BCUT2D eigenvalue weighted by molar-refractivity contribution is -0.117. The van der Waals surface area contributed by atoms with Crippen molar-refractivity contribution in [3.05, 3.63) is 88.3 Å². The third-order valence-corrected chi connectivity index (χ3v) is 10.5. The highest BCUT2D eigenvalue weighted by atomic mass is 35.5. The maximum atomic E-state index is 15.2. The monoisotopic (exact) mass is 643 g/mol. The summed E-state index contributed by atoms with van der Waals surface area (Å²) in [6.45, 7) is 4.72. The summed E-state index contributed by atoms with van der Waals surface area (Å²) in [5.74, 6) is -1.03. The van der Waals surface area contributed by atoms with Gasteiger partial charge >= 0.3 is 0 Å². The van der Waals surface area contributed by atoms with Crippen molar-refractivity contribution in [3.8, 4) is 5.88 Å². The molecule has 0 aliphatic carbocycles. The van der Waals surface area contributed by atoms with Gasteiger partial charge in [0.15, 0.2) is 0 Å². The number of hydrogen-bond acceptors (Lipinski definition) is 7. The number of hydrogen-bond donors (Lipinski definition) is 3. The Kier molecular flexibility index (Phi) is 10.2. The molecular formula is C32H39ClFN5O4S. The minimum Gasteiger partial charge on any atom is -0.475 e. The normalized spacial score (nSPS) is 22.5. The lowest BCUT2D eigenvalue weighted by Gasteiger charge is -2.37. The highest BCUT2D eigenvalue weighted by Crippen LogP contribution is 2.32. The second-order valence-corrected chi connectivity index (χ2v) is 14.2. The van der Waals surface area contributed by atoms with Crippen LogP contribution in [0.15, 0.2) is 60.8 Å². The van der Waals surface area contributed by atoms with Crippen molar-refractivity contribution in [2.24, 2.45) is 5.73 Å². The number of pyridine rings is 1. The van der Waals surface area contributed by atoms with Gasteiger partial charge in [-0.15, -0.1) is 0 Å². The van der Waals surface area contributed by atoms with E-state index < -0.39 is 33.7 Å². The summed E-state index contributed by atoms with van der Waals surface area (Å²) in [5, 5.41) is 6.85. The van der Waals surface area contributed by atoms with E-state index in [9.17, 15) is 13.2 Å². The number of piperazine rings is 1. The van der Waals surface area contributed by atoms with Gasteiger partial charge in [0.1, 0.15) is 5.82 Å². The topological polar surface area (TPSA) is 127 Å². The van der Waals surface area contributed by atoms with Gasteiger partial charge in [0, 0.05) is 59.6 Å². The molecule has 2 bridgehead atoms. The highest BCUT2D eigenvalue weighted by molar-refractivity contribution is 7.89. The molecule has 2 aromatic carbocycles. The van der Waals surface area contributed by atoms with Crippen molar-refractivity contribution in [2.75, 3.05) is 24.2 Å². The first-order chi connectivity index (χ1) is 21.0. The molecule has 4 N–H and O–H groups in total. The van der Waals surface area contributed by atoms with Crippen LogP contribution in [-0.2, 0) is 21.2 Å². The van der Waals surface area contributed by atoms with Crippen LogP contribution < -0.4 is 21.1 Å². The molecule has 12 heteroatoms. The fraction of sp³-hybridized carbons (Fsp3) is 0.438. The number of fused-ring (bicyclic) bond motifs is 2. The van der Waals surface area contributed by atoms with Gasteiger partial charge in [0.25, 0.3) is 0 Å². The quantitative estimate of drug-likeness (QED) is 0.298. The van der Waals surface area contributed by atoms with Crippen LogP contribution in [-0.4, -0.2) is 66.7 Å². The number of nitrogens with one attached hydrogen (secondary N) is 2. The second kappa shape index (κ2) is 13.9. The van der Waals surface area contributed by atoms with Crippen LogP contribution in [0, 0.1) is 5.82 Å². The number of nitrogens with zero attached hydrogens (tertiary/aromatic N) is 2. The zero-order chi connectivity index (χ0) is 31.4. The lowest BCUT2D eigenvalue weighted by Crippen LogP contribution is -2.57. The van der Waals surface area contributed by atoms with Gasteiger partial charge in [-0.3, -0.25) is 4.79 Å². The van der Waals surface area contributed by atoms with E-state index >= 15 is 4.39 Å². The standard InChI is InChI=1S/C32H39ClFN5O4S/c1-20(2)43-29-17-22(14-15-36-29)30(21-8-10-23(33)11-9-21)31(35)32(40)38-28-7-3-6-27(34)26(28)13-12-25-18-37-24-5-4-16-44(41,42)39(25)19-24/h3,6-11,14-15,17,20,24-25,30-31,37H,4-5,12-13,16,18-19,35H2,1-2H3,(H,38,40). The number of sulfonamides is 1. The van der Waals surface area contributed by atoms with E-state index in [-0.39, 0.29) is 30.4 Å². The minimum absolute atomic E-state index is 0.0969. The number of aromatic nitrogens is 1. The summed E-state index contributed by atoms with van der Waals surface area (Å²) in [6, 6.07) is 13.9. The van der Waals surface area contributed by atoms with Crippen molar-refractivity contribution in [3.63, 3.8) is 0 Å². The Balaban J connectivity index is 1.37. The van der Waals surface area contributed by atoms with Crippen molar-refractivity contribution in [1.82, 2.24) is 14.6 Å². The molecule has 0 radical (unpaired) electrons. The van der Waals surface area contributed by atoms with E-state index in [2.05, 4.69) is 15.6 Å². The second-order valence-electron chi connectivity index (χ2n) is 11.7. The van der Waals surface area contributed by atoms with Crippen molar-refractivity contribution in [2.45, 2.75) is 69.7 Å². The Bertz CT molecular complexity index is 1570. The Labute approximate surface area is 263 Å². The average Bonchev–Trinajstić information content (AvgIpc) is 3.09. The number of rotatable bonds is 10. The Hall–Kier alpha value is -3.09. The van der Waals surface area contributed by atoms with Crippen LogP contribution in [0.25, 0.3) is 0 Å². The molecule has 5 unspecified atom stereocenters. The number of anilines is 1. The SMILES string of the molecule is CC(C)Oc1cc(C(c2ccc(Cl)cc2)C(N)C(=O)Nc2cccc(F)c2CCC2CNC3CCCS(=O)(=O)N2C3)ccn1. The van der Waals surface area contributed by atoms with Crippen molar-refractivity contribution >= 4 is 33.2 Å². The molecule has 236 valence electrons. The maximum Gasteiger partial charge on any atom is 0.242 e. The van der Waals surface area contributed by atoms with E-state index in [1.807, 2.05) is 26.0 Å². The first-order valence-corrected chi connectivity index (χ1v) is 17.0. The van der Waals surface area contributed by atoms with Crippen molar-refractivity contribution < 1.29 is 22.3 Å². The first kappa shape index (κ1) is 32.3. The van der Waals surface area contributed by atoms with Gasteiger partial charge in [-0.2, -0.15) is 4.31 Å². The summed E-state index contributed by atoms with van der Waals surface area (Å²) >= 11 is 6.15. The predicted molar refractivity (Wildman–Crippen MR) is 170 cm³/mol. The van der Waals surface area contributed by atoms with Crippen LogP contribution in [0.5, 0.6) is 5.88 Å². The molecule has 2 fully saturated rings. The maximum absolute atomic E-state index is 15.2. The van der Waals surface area contributed by atoms with E-state index in [0.717, 1.165) is 17.5 Å². The third kappa shape index (κ3) is 7.58. The first-order valence-electron chi connectivity index (χ1n) is 15.0. The number of carbonyl (C=O) groups excluding carboxylic acids is 1. The number of nitrogens with two attached hydrogens (primary N) is 1. The molecular weight excluding hydrogens is 605 g/mol. The summed E-state index contributed by atoms with van der Waals surface area (Å²) in [5.41, 5.74) is 8.76. The third-order valence-electron chi connectivity index (χ3n) is 8.23. The molecule has 5 rings (SSSR count). The number of halogens is 2.